The molecule has 0 radical (unpaired) electrons. The molecule has 2 aromatic carbocycles. The number of para-hydroxylation sites is 1. The smallest absolute Gasteiger partial charge is 0.416 e. The average molecular weight is 578 g/mol. The summed E-state index contributed by atoms with van der Waals surface area (Å²) < 4.78 is 40.6. The van der Waals surface area contributed by atoms with Gasteiger partial charge in [-0.15, -0.1) is 0 Å². The van der Waals surface area contributed by atoms with Crippen LogP contribution in [0.1, 0.15) is 29.4 Å². The van der Waals surface area contributed by atoms with Crippen molar-refractivity contribution in [3.05, 3.63) is 93.6 Å². The van der Waals surface area contributed by atoms with E-state index in [4.69, 9.17) is 23.2 Å². The molecule has 1 aliphatic rings. The van der Waals surface area contributed by atoms with E-state index in [1.54, 1.807) is 55.5 Å². The molecule has 11 heteroatoms. The van der Waals surface area contributed by atoms with Crippen molar-refractivity contribution in [2.24, 2.45) is 5.92 Å². The third-order valence-electron chi connectivity index (χ3n) is 6.72. The molecule has 0 bridgehead atoms. The zero-order chi connectivity index (χ0) is 28.5. The van der Waals surface area contributed by atoms with Crippen LogP contribution < -0.4 is 0 Å². The van der Waals surface area contributed by atoms with E-state index in [-0.39, 0.29) is 23.6 Å². The van der Waals surface area contributed by atoms with Gasteiger partial charge in [-0.05, 0) is 37.6 Å². The highest BCUT2D eigenvalue weighted by Gasteiger charge is 2.35. The van der Waals surface area contributed by atoms with Gasteiger partial charge in [0.25, 0.3) is 5.91 Å². The predicted octanol–water partition coefficient (Wildman–Crippen LogP) is 7.00. The zero-order valence-electron chi connectivity index (χ0n) is 20.9. The molecular formula is C28H24Cl2F3N3O3. The molecule has 6 nitrogen and oxygen atoms in total. The molecule has 0 saturated carbocycles. The van der Waals surface area contributed by atoms with Crippen molar-refractivity contribution in [1.29, 1.82) is 0 Å². The van der Waals surface area contributed by atoms with Crippen molar-refractivity contribution >= 4 is 35.1 Å². The molecule has 0 aliphatic heterocycles. The van der Waals surface area contributed by atoms with Crippen LogP contribution in [0.4, 0.5) is 13.2 Å². The molecule has 1 unspecified atom stereocenters. The van der Waals surface area contributed by atoms with E-state index in [9.17, 15) is 27.9 Å². The molecule has 0 fully saturated rings. The quantitative estimate of drug-likeness (QED) is 0.328. The third kappa shape index (κ3) is 6.04. The molecule has 1 N–H and O–H groups in total. The first kappa shape index (κ1) is 28.4. The van der Waals surface area contributed by atoms with Crippen molar-refractivity contribution in [2.75, 3.05) is 7.05 Å². The first-order valence-electron chi connectivity index (χ1n) is 12.0. The van der Waals surface area contributed by atoms with Crippen LogP contribution in [-0.4, -0.2) is 50.9 Å². The number of allylic oxidation sites excluding steroid dienone is 3. The maximum absolute atomic E-state index is 13.8. The maximum atomic E-state index is 13.8. The van der Waals surface area contributed by atoms with Crippen LogP contribution in [0.25, 0.3) is 16.9 Å². The van der Waals surface area contributed by atoms with Crippen molar-refractivity contribution < 1.29 is 27.9 Å². The molecule has 0 saturated heterocycles. The minimum atomic E-state index is -4.44. The summed E-state index contributed by atoms with van der Waals surface area (Å²) in [6.45, 7) is 1.72. The normalized spacial score (nSPS) is 16.1. The summed E-state index contributed by atoms with van der Waals surface area (Å²) in [7, 11) is 1.52. The van der Waals surface area contributed by atoms with Crippen LogP contribution in [0.2, 0.25) is 10.0 Å². The topological polar surface area (TPSA) is 75.4 Å². The van der Waals surface area contributed by atoms with Gasteiger partial charge in [0.05, 0.1) is 28.4 Å². The first-order valence-corrected chi connectivity index (χ1v) is 12.7. The number of carbonyl (C=O) groups excluding carboxylic acids is 1. The highest BCUT2D eigenvalue weighted by Crippen LogP contribution is 2.35. The summed E-state index contributed by atoms with van der Waals surface area (Å²) in [5, 5.41) is 15.1. The number of aliphatic carboxylic acids is 1. The predicted molar refractivity (Wildman–Crippen MR) is 143 cm³/mol. The van der Waals surface area contributed by atoms with Crippen LogP contribution in [0.5, 0.6) is 0 Å². The maximum Gasteiger partial charge on any atom is 0.416 e. The molecule has 1 aromatic heterocycles. The minimum Gasteiger partial charge on any atom is -0.481 e. The SMILES string of the molecule is C[C@H](C1C=CC(C(F)(F)F)=CC1)N(C)C(=O)c1nn(-c2ccccc2Cl)c(-c2ccc(Cl)cc2)c1CC(=O)O. The third-order valence-corrected chi connectivity index (χ3v) is 7.30. The summed E-state index contributed by atoms with van der Waals surface area (Å²) in [6.07, 6.45) is -1.29. The van der Waals surface area contributed by atoms with Gasteiger partial charge in [0, 0.05) is 35.2 Å². The van der Waals surface area contributed by atoms with Gasteiger partial charge in [-0.1, -0.05) is 65.7 Å². The lowest BCUT2D eigenvalue weighted by Gasteiger charge is -2.31. The Kier molecular flexibility index (Phi) is 8.23. The molecule has 204 valence electrons. The lowest BCUT2D eigenvalue weighted by molar-refractivity contribution is -0.136. The van der Waals surface area contributed by atoms with Crippen molar-refractivity contribution in [1.82, 2.24) is 14.7 Å². The summed E-state index contributed by atoms with van der Waals surface area (Å²) in [6, 6.07) is 12.9. The van der Waals surface area contributed by atoms with Crippen LogP contribution >= 0.6 is 23.2 Å². The fourth-order valence-electron chi connectivity index (χ4n) is 4.49. The van der Waals surface area contributed by atoms with Crippen molar-refractivity contribution in [3.8, 4) is 16.9 Å². The van der Waals surface area contributed by atoms with E-state index < -0.39 is 36.1 Å². The van der Waals surface area contributed by atoms with E-state index in [2.05, 4.69) is 5.10 Å². The zero-order valence-corrected chi connectivity index (χ0v) is 22.4. The second kappa shape index (κ2) is 11.3. The lowest BCUT2D eigenvalue weighted by atomic mass is 9.90. The number of alkyl halides is 3. The number of amides is 1. The minimum absolute atomic E-state index is 0.0935. The Morgan fingerprint density at radius 1 is 1.15 bits per heavy atom. The summed E-state index contributed by atoms with van der Waals surface area (Å²) in [5.41, 5.74) is 0.718. The standard InChI is InChI=1S/C28H24Cl2F3N3O3/c1-16(17-7-11-19(12-8-17)28(31,32)33)35(2)27(39)25-21(15-24(37)38)26(18-9-13-20(29)14-10-18)36(34-25)23-6-4-3-5-22(23)30/h3-7,9-14,16-17H,8,15H2,1-2H3,(H,37,38)/t16-,17?/m1/s1. The van der Waals surface area contributed by atoms with E-state index >= 15 is 0 Å². The molecule has 0 spiro atoms. The Bertz CT molecular complexity index is 1460. The summed E-state index contributed by atoms with van der Waals surface area (Å²) in [5.74, 6) is -2.12. The number of halogens is 5. The molecule has 2 atom stereocenters. The Balaban J connectivity index is 1.79. The second-order valence-corrected chi connectivity index (χ2v) is 10.0. The summed E-state index contributed by atoms with van der Waals surface area (Å²) in [4.78, 5) is 27.1. The monoisotopic (exact) mass is 577 g/mol. The number of hydrogen-bond donors (Lipinski definition) is 1. The van der Waals surface area contributed by atoms with Gasteiger partial charge in [-0.2, -0.15) is 18.3 Å². The van der Waals surface area contributed by atoms with Gasteiger partial charge < -0.3 is 10.0 Å². The highest BCUT2D eigenvalue weighted by atomic mass is 35.5. The molecule has 39 heavy (non-hydrogen) atoms. The molecular weight excluding hydrogens is 554 g/mol. The Morgan fingerprint density at radius 3 is 2.38 bits per heavy atom. The molecule has 1 heterocycles. The molecule has 1 amide bonds. The summed E-state index contributed by atoms with van der Waals surface area (Å²) >= 11 is 12.5. The number of aromatic nitrogens is 2. The van der Waals surface area contributed by atoms with E-state index in [1.807, 2.05) is 0 Å². The van der Waals surface area contributed by atoms with Gasteiger partial charge in [0.15, 0.2) is 5.69 Å². The van der Waals surface area contributed by atoms with Crippen LogP contribution in [0.15, 0.2) is 72.3 Å². The Labute approximate surface area is 232 Å². The second-order valence-electron chi connectivity index (χ2n) is 9.19. The Morgan fingerprint density at radius 2 is 1.82 bits per heavy atom. The molecule has 1 aliphatic carbocycles. The first-order chi connectivity index (χ1) is 18.4. The van der Waals surface area contributed by atoms with Crippen molar-refractivity contribution in [2.45, 2.75) is 32.0 Å². The number of nitrogens with zero attached hydrogens (tertiary/aromatic N) is 3. The van der Waals surface area contributed by atoms with Gasteiger partial charge >= 0.3 is 12.1 Å². The number of benzene rings is 2. The number of carboxylic acids is 1. The number of carbonyl (C=O) groups is 2. The highest BCUT2D eigenvalue weighted by molar-refractivity contribution is 6.32. The average Bonchev–Trinajstić information content (AvgIpc) is 3.25. The number of rotatable bonds is 7. The largest absolute Gasteiger partial charge is 0.481 e. The lowest BCUT2D eigenvalue weighted by Crippen LogP contribution is -2.40. The fourth-order valence-corrected chi connectivity index (χ4v) is 4.83. The number of hydrogen-bond acceptors (Lipinski definition) is 3. The molecule has 3 aromatic rings. The van der Waals surface area contributed by atoms with Gasteiger partial charge in [0.1, 0.15) is 0 Å². The van der Waals surface area contributed by atoms with Gasteiger partial charge in [-0.3, -0.25) is 9.59 Å². The van der Waals surface area contributed by atoms with Gasteiger partial charge in [0.2, 0.25) is 0 Å². The number of carboxylic acid groups (broad SMARTS) is 1. The van der Waals surface area contributed by atoms with Gasteiger partial charge in [-0.25, -0.2) is 4.68 Å². The molecule has 4 rings (SSSR count). The van der Waals surface area contributed by atoms with E-state index in [0.29, 0.717) is 27.0 Å². The van der Waals surface area contributed by atoms with E-state index in [0.717, 1.165) is 12.2 Å². The fraction of sp³-hybridized carbons (Fsp3) is 0.250. The van der Waals surface area contributed by atoms with Crippen LogP contribution in [-0.2, 0) is 11.2 Å². The Hall–Kier alpha value is -3.56. The van der Waals surface area contributed by atoms with Crippen LogP contribution in [0, 0.1) is 5.92 Å². The van der Waals surface area contributed by atoms with E-state index in [1.165, 1.54) is 22.7 Å². The van der Waals surface area contributed by atoms with Crippen LogP contribution in [0.3, 0.4) is 0 Å². The van der Waals surface area contributed by atoms with Crippen molar-refractivity contribution in [3.63, 3.8) is 0 Å².